The summed E-state index contributed by atoms with van der Waals surface area (Å²) >= 11 is 1.87. The summed E-state index contributed by atoms with van der Waals surface area (Å²) in [6, 6.07) is 65.4. The summed E-state index contributed by atoms with van der Waals surface area (Å²) in [7, 11) is 0. The third kappa shape index (κ3) is 5.27. The molecule has 1 fully saturated rings. The molecule has 0 amide bonds. The van der Waals surface area contributed by atoms with Gasteiger partial charge in [-0.05, 0) is 76.3 Å². The van der Waals surface area contributed by atoms with Crippen LogP contribution < -0.4 is 16.0 Å². The van der Waals surface area contributed by atoms with Gasteiger partial charge in [0.25, 0.3) is 0 Å². The fourth-order valence-corrected chi connectivity index (χ4v) is 10.4. The maximum Gasteiger partial charge on any atom is 0.135 e. The van der Waals surface area contributed by atoms with Crippen molar-refractivity contribution >= 4 is 75.3 Å². The molecule has 2 unspecified atom stereocenters. The minimum atomic E-state index is -0.0933. The lowest BCUT2D eigenvalue weighted by molar-refractivity contribution is 0.204. The molecular formula is C51H36N4OS. The standard InChI is InChI=1S/C51H36N4OS/c1-3-13-31(14-4-1)49-52-50(32-15-5-2-6-16-32)54-51(53-49)39-21-12-24-46-47(39)38-20-11-19-35(48(38)57-46)33-25-27-44-40(29-33)41-30-34(26-28-45(41)56-44)55-42-22-9-7-17-36(42)37-18-8-10-23-43(37)55/h1-30,49-54H. The highest BCUT2D eigenvalue weighted by molar-refractivity contribution is 7.26. The van der Waals surface area contributed by atoms with Crippen LogP contribution in [0.15, 0.2) is 186 Å². The Morgan fingerprint density at radius 3 is 1.74 bits per heavy atom. The van der Waals surface area contributed by atoms with Gasteiger partial charge in [-0.2, -0.15) is 0 Å². The van der Waals surface area contributed by atoms with Gasteiger partial charge >= 0.3 is 0 Å². The van der Waals surface area contributed by atoms with Crippen LogP contribution >= 0.6 is 11.3 Å². The van der Waals surface area contributed by atoms with Crippen LogP contribution in [0.4, 0.5) is 0 Å². The fraction of sp³-hybridized carbons (Fsp3) is 0.0588. The van der Waals surface area contributed by atoms with Gasteiger partial charge in [-0.3, -0.25) is 16.0 Å². The number of thiophene rings is 1. The number of benzene rings is 8. The molecule has 8 aromatic carbocycles. The lowest BCUT2D eigenvalue weighted by atomic mass is 9.97. The van der Waals surface area contributed by atoms with Gasteiger partial charge in [0.2, 0.25) is 0 Å². The van der Waals surface area contributed by atoms with Gasteiger partial charge in [0.15, 0.2) is 0 Å². The van der Waals surface area contributed by atoms with Crippen LogP contribution in [0.1, 0.15) is 35.2 Å². The van der Waals surface area contributed by atoms with Crippen LogP contribution in [0.25, 0.3) is 80.7 Å². The average molecular weight is 753 g/mol. The van der Waals surface area contributed by atoms with Crippen LogP contribution in [0.5, 0.6) is 0 Å². The van der Waals surface area contributed by atoms with Gasteiger partial charge in [-0.15, -0.1) is 11.3 Å². The second-order valence-electron chi connectivity index (χ2n) is 15.0. The average Bonchev–Trinajstić information content (AvgIpc) is 3.96. The minimum absolute atomic E-state index is 0.0367. The zero-order chi connectivity index (χ0) is 37.5. The molecule has 0 aliphatic carbocycles. The van der Waals surface area contributed by atoms with Gasteiger partial charge in [-0.1, -0.05) is 133 Å². The molecule has 3 aromatic heterocycles. The van der Waals surface area contributed by atoms with E-state index in [0.717, 1.165) is 27.6 Å². The lowest BCUT2D eigenvalue weighted by Crippen LogP contribution is -2.54. The highest BCUT2D eigenvalue weighted by Gasteiger charge is 2.31. The van der Waals surface area contributed by atoms with Crippen molar-refractivity contribution in [2.24, 2.45) is 0 Å². The number of nitrogens with one attached hydrogen (secondary N) is 3. The summed E-state index contributed by atoms with van der Waals surface area (Å²) in [4.78, 5) is 0. The Kier molecular flexibility index (Phi) is 7.46. The Bertz CT molecular complexity index is 3210. The topological polar surface area (TPSA) is 54.2 Å². The Hall–Kier alpha value is -6.54. The Morgan fingerprint density at radius 2 is 1.04 bits per heavy atom. The van der Waals surface area contributed by atoms with E-state index in [4.69, 9.17) is 4.42 Å². The summed E-state index contributed by atoms with van der Waals surface area (Å²) < 4.78 is 11.4. The van der Waals surface area contributed by atoms with Crippen LogP contribution in [0, 0.1) is 0 Å². The summed E-state index contributed by atoms with van der Waals surface area (Å²) in [5, 5.41) is 18.9. The number of para-hydroxylation sites is 2. The Morgan fingerprint density at radius 1 is 0.456 bits per heavy atom. The van der Waals surface area contributed by atoms with Crippen molar-refractivity contribution in [2.75, 3.05) is 0 Å². The first kappa shape index (κ1) is 32.7. The lowest BCUT2D eigenvalue weighted by Gasteiger charge is -2.40. The number of hydrogen-bond acceptors (Lipinski definition) is 5. The van der Waals surface area contributed by atoms with Gasteiger partial charge in [-0.25, -0.2) is 0 Å². The highest BCUT2D eigenvalue weighted by Crippen LogP contribution is 2.44. The SMILES string of the molecule is c1ccc(C2NC(c3ccccc3)NC(c3cccc4sc5c(-c6ccc7oc8ccc(-n9c%10ccccc%10c%10ccccc%109)cc8c7c6)cccc5c34)N2)cc1. The zero-order valence-corrected chi connectivity index (χ0v) is 31.6. The number of fused-ring (bicyclic) bond motifs is 9. The Labute approximate surface area is 332 Å². The maximum atomic E-state index is 6.46. The van der Waals surface area contributed by atoms with Crippen molar-refractivity contribution in [1.29, 1.82) is 0 Å². The molecule has 0 radical (unpaired) electrons. The third-order valence-electron chi connectivity index (χ3n) is 11.7. The van der Waals surface area contributed by atoms with E-state index in [1.807, 2.05) is 11.3 Å². The molecule has 6 heteroatoms. The first-order valence-corrected chi connectivity index (χ1v) is 20.3. The summed E-state index contributed by atoms with van der Waals surface area (Å²) in [6.07, 6.45) is -0.167. The molecular weight excluding hydrogens is 717 g/mol. The van der Waals surface area contributed by atoms with Gasteiger partial charge in [0, 0.05) is 47.4 Å². The van der Waals surface area contributed by atoms with Gasteiger partial charge in [0.05, 0.1) is 29.5 Å². The van der Waals surface area contributed by atoms with E-state index in [1.54, 1.807) is 0 Å². The van der Waals surface area contributed by atoms with Crippen LogP contribution in [-0.4, -0.2) is 4.57 Å². The van der Waals surface area contributed by atoms with E-state index < -0.39 is 0 Å². The van der Waals surface area contributed by atoms with Gasteiger partial charge in [0.1, 0.15) is 11.2 Å². The molecule has 57 heavy (non-hydrogen) atoms. The van der Waals surface area contributed by atoms with Crippen LogP contribution in [0.3, 0.4) is 0 Å². The molecule has 2 atom stereocenters. The molecule has 0 bridgehead atoms. The minimum Gasteiger partial charge on any atom is -0.456 e. The second kappa shape index (κ2) is 13.0. The fourth-order valence-electron chi connectivity index (χ4n) is 9.12. The number of nitrogens with zero attached hydrogens (tertiary/aromatic N) is 1. The first-order chi connectivity index (χ1) is 28.2. The Balaban J connectivity index is 0.981. The molecule has 3 N–H and O–H groups in total. The van der Waals surface area contributed by atoms with E-state index in [0.29, 0.717) is 0 Å². The molecule has 1 aliphatic rings. The maximum absolute atomic E-state index is 6.46. The van der Waals surface area contributed by atoms with Crippen molar-refractivity contribution in [3.63, 3.8) is 0 Å². The summed E-state index contributed by atoms with van der Waals surface area (Å²) in [5.41, 5.74) is 11.4. The molecule has 12 rings (SSSR count). The quantitative estimate of drug-likeness (QED) is 0.164. The summed E-state index contributed by atoms with van der Waals surface area (Å²) in [6.45, 7) is 0. The van der Waals surface area contributed by atoms with Crippen molar-refractivity contribution < 1.29 is 4.42 Å². The van der Waals surface area contributed by atoms with E-state index in [1.165, 1.54) is 69.8 Å². The third-order valence-corrected chi connectivity index (χ3v) is 12.9. The molecule has 1 aliphatic heterocycles. The monoisotopic (exact) mass is 752 g/mol. The predicted molar refractivity (Wildman–Crippen MR) is 237 cm³/mol. The number of furan rings is 1. The smallest absolute Gasteiger partial charge is 0.135 e. The zero-order valence-electron chi connectivity index (χ0n) is 30.8. The molecule has 5 nitrogen and oxygen atoms in total. The van der Waals surface area contributed by atoms with E-state index >= 15 is 0 Å². The molecule has 0 saturated carbocycles. The van der Waals surface area contributed by atoms with E-state index in [9.17, 15) is 0 Å². The van der Waals surface area contributed by atoms with E-state index in [-0.39, 0.29) is 18.5 Å². The van der Waals surface area contributed by atoms with Crippen LogP contribution in [0.2, 0.25) is 0 Å². The van der Waals surface area contributed by atoms with Crippen molar-refractivity contribution in [1.82, 2.24) is 20.5 Å². The largest absolute Gasteiger partial charge is 0.456 e. The second-order valence-corrected chi connectivity index (χ2v) is 16.0. The van der Waals surface area contributed by atoms with Gasteiger partial charge < -0.3 is 8.98 Å². The number of aromatic nitrogens is 1. The van der Waals surface area contributed by atoms with Crippen molar-refractivity contribution in [3.05, 3.63) is 199 Å². The number of hydrogen-bond donors (Lipinski definition) is 3. The highest BCUT2D eigenvalue weighted by atomic mass is 32.1. The number of rotatable bonds is 5. The molecule has 11 aromatic rings. The van der Waals surface area contributed by atoms with Crippen molar-refractivity contribution in [3.8, 4) is 16.8 Å². The molecule has 272 valence electrons. The summed E-state index contributed by atoms with van der Waals surface area (Å²) in [5.74, 6) is 0. The van der Waals surface area contributed by atoms with E-state index in [2.05, 4.69) is 203 Å². The molecule has 1 saturated heterocycles. The molecule has 4 heterocycles. The first-order valence-electron chi connectivity index (χ1n) is 19.5. The van der Waals surface area contributed by atoms with Crippen LogP contribution in [-0.2, 0) is 0 Å². The normalized spacial score (nSPS) is 17.4. The predicted octanol–water partition coefficient (Wildman–Crippen LogP) is 12.9. The van der Waals surface area contributed by atoms with Crippen molar-refractivity contribution in [2.45, 2.75) is 18.5 Å². The molecule has 0 spiro atoms.